The second-order valence-corrected chi connectivity index (χ2v) is 5.43. The van der Waals surface area contributed by atoms with Gasteiger partial charge in [0.1, 0.15) is 5.69 Å². The Morgan fingerprint density at radius 1 is 1.43 bits per heavy atom. The molecule has 1 aromatic heterocycles. The number of hydrogen-bond donors (Lipinski definition) is 2. The lowest BCUT2D eigenvalue weighted by Gasteiger charge is -2.27. The Hall–Kier alpha value is -1.82. The van der Waals surface area contributed by atoms with Crippen LogP contribution in [0.1, 0.15) is 35.8 Å². The molecule has 116 valence electrons. The summed E-state index contributed by atoms with van der Waals surface area (Å²) in [5.41, 5.74) is 0.710. The van der Waals surface area contributed by atoms with Crippen molar-refractivity contribution >= 4 is 11.8 Å². The Morgan fingerprint density at radius 3 is 2.81 bits per heavy atom. The highest BCUT2D eigenvalue weighted by atomic mass is 16.2. The van der Waals surface area contributed by atoms with Gasteiger partial charge in [-0.05, 0) is 38.1 Å². The van der Waals surface area contributed by atoms with E-state index in [1.165, 1.54) is 0 Å². The van der Waals surface area contributed by atoms with Crippen LogP contribution in [0.2, 0.25) is 0 Å². The third kappa shape index (κ3) is 3.85. The van der Waals surface area contributed by atoms with Gasteiger partial charge in [0.15, 0.2) is 0 Å². The van der Waals surface area contributed by atoms with Crippen LogP contribution in [0.4, 0.5) is 0 Å². The van der Waals surface area contributed by atoms with E-state index in [0.717, 1.165) is 25.9 Å². The summed E-state index contributed by atoms with van der Waals surface area (Å²) in [4.78, 5) is 25.4. The SMILES string of the molecule is CNC(=O)CCN(C)C(=O)c1cccn1C1CCNCC1. The van der Waals surface area contributed by atoms with Crippen LogP contribution >= 0.6 is 0 Å². The lowest BCUT2D eigenvalue weighted by molar-refractivity contribution is -0.120. The Labute approximate surface area is 125 Å². The normalized spacial score (nSPS) is 15.7. The van der Waals surface area contributed by atoms with Crippen LogP contribution < -0.4 is 10.6 Å². The lowest BCUT2D eigenvalue weighted by atomic mass is 10.1. The second kappa shape index (κ2) is 7.26. The molecule has 2 rings (SSSR count). The van der Waals surface area contributed by atoms with E-state index in [-0.39, 0.29) is 11.8 Å². The van der Waals surface area contributed by atoms with E-state index in [4.69, 9.17) is 0 Å². The molecule has 0 spiro atoms. The van der Waals surface area contributed by atoms with Gasteiger partial charge in [-0.3, -0.25) is 9.59 Å². The molecule has 1 saturated heterocycles. The highest BCUT2D eigenvalue weighted by molar-refractivity contribution is 5.93. The summed E-state index contributed by atoms with van der Waals surface area (Å²) in [7, 11) is 3.34. The minimum absolute atomic E-state index is 0.0255. The minimum atomic E-state index is -0.0524. The summed E-state index contributed by atoms with van der Waals surface area (Å²) in [6.45, 7) is 2.40. The first-order valence-corrected chi connectivity index (χ1v) is 7.47. The van der Waals surface area contributed by atoms with Crippen LogP contribution in [0.5, 0.6) is 0 Å². The van der Waals surface area contributed by atoms with Gasteiger partial charge >= 0.3 is 0 Å². The fourth-order valence-corrected chi connectivity index (χ4v) is 2.67. The third-order valence-electron chi connectivity index (χ3n) is 4.00. The number of nitrogens with one attached hydrogen (secondary N) is 2. The van der Waals surface area contributed by atoms with Gasteiger partial charge in [0.25, 0.3) is 5.91 Å². The summed E-state index contributed by atoms with van der Waals surface area (Å²) in [6, 6.07) is 4.16. The van der Waals surface area contributed by atoms with E-state index < -0.39 is 0 Å². The van der Waals surface area contributed by atoms with Gasteiger partial charge in [-0.25, -0.2) is 0 Å². The summed E-state index contributed by atoms with van der Waals surface area (Å²) >= 11 is 0. The molecule has 2 amide bonds. The smallest absolute Gasteiger partial charge is 0.270 e. The molecule has 2 N–H and O–H groups in total. The molecule has 0 unspecified atom stereocenters. The Bertz CT molecular complexity index is 492. The van der Waals surface area contributed by atoms with E-state index in [2.05, 4.69) is 15.2 Å². The minimum Gasteiger partial charge on any atom is -0.359 e. The van der Waals surface area contributed by atoms with Crippen molar-refractivity contribution in [1.82, 2.24) is 20.1 Å². The molecule has 1 aromatic rings. The zero-order chi connectivity index (χ0) is 15.2. The van der Waals surface area contributed by atoms with Crippen molar-refractivity contribution in [2.24, 2.45) is 0 Å². The van der Waals surface area contributed by atoms with Crippen molar-refractivity contribution in [2.45, 2.75) is 25.3 Å². The highest BCUT2D eigenvalue weighted by Gasteiger charge is 2.22. The van der Waals surface area contributed by atoms with Gasteiger partial charge in [-0.15, -0.1) is 0 Å². The molecule has 21 heavy (non-hydrogen) atoms. The summed E-state index contributed by atoms with van der Waals surface area (Å²) in [5, 5.41) is 5.90. The second-order valence-electron chi connectivity index (χ2n) is 5.43. The van der Waals surface area contributed by atoms with Gasteiger partial charge in [0, 0.05) is 39.3 Å². The van der Waals surface area contributed by atoms with Gasteiger partial charge in [0.05, 0.1) is 0 Å². The number of hydrogen-bond acceptors (Lipinski definition) is 3. The first-order valence-electron chi connectivity index (χ1n) is 7.47. The average molecular weight is 292 g/mol. The summed E-state index contributed by atoms with van der Waals surface area (Å²) in [6.07, 6.45) is 4.39. The molecule has 1 fully saturated rings. The predicted octanol–water partition coefficient (Wildman–Crippen LogP) is 0.621. The fourth-order valence-electron chi connectivity index (χ4n) is 2.67. The largest absolute Gasteiger partial charge is 0.359 e. The van der Waals surface area contributed by atoms with Crippen molar-refractivity contribution in [3.05, 3.63) is 24.0 Å². The predicted molar refractivity (Wildman–Crippen MR) is 81.2 cm³/mol. The number of amides is 2. The monoisotopic (exact) mass is 292 g/mol. The molecule has 0 radical (unpaired) electrons. The lowest BCUT2D eigenvalue weighted by Crippen LogP contribution is -2.34. The third-order valence-corrected chi connectivity index (χ3v) is 4.00. The first-order chi connectivity index (χ1) is 10.1. The fraction of sp³-hybridized carbons (Fsp3) is 0.600. The number of carbonyl (C=O) groups is 2. The van der Waals surface area contributed by atoms with Crippen LogP contribution in [0, 0.1) is 0 Å². The van der Waals surface area contributed by atoms with E-state index in [1.807, 2.05) is 18.3 Å². The molecule has 6 heteroatoms. The van der Waals surface area contributed by atoms with Gasteiger partial charge in [-0.2, -0.15) is 0 Å². The Balaban J connectivity index is 2.02. The molecule has 0 saturated carbocycles. The zero-order valence-corrected chi connectivity index (χ0v) is 12.8. The number of piperidine rings is 1. The van der Waals surface area contributed by atoms with Gasteiger partial charge in [0.2, 0.25) is 5.91 Å². The zero-order valence-electron chi connectivity index (χ0n) is 12.8. The highest BCUT2D eigenvalue weighted by Crippen LogP contribution is 2.21. The molecule has 0 aliphatic carbocycles. The maximum absolute atomic E-state index is 12.5. The standard InChI is InChI=1S/C15H24N4O2/c1-16-14(20)7-11-18(2)15(21)13-4-3-10-19(13)12-5-8-17-9-6-12/h3-4,10,12,17H,5-9,11H2,1-2H3,(H,16,20). The number of aromatic nitrogens is 1. The van der Waals surface area contributed by atoms with E-state index in [9.17, 15) is 9.59 Å². The Kier molecular flexibility index (Phi) is 5.38. The van der Waals surface area contributed by atoms with Crippen molar-refractivity contribution < 1.29 is 9.59 Å². The average Bonchev–Trinajstić information content (AvgIpc) is 3.01. The molecular formula is C15H24N4O2. The van der Waals surface area contributed by atoms with Gasteiger partial charge in [-0.1, -0.05) is 0 Å². The number of nitrogens with zero attached hydrogens (tertiary/aromatic N) is 2. The first kappa shape index (κ1) is 15.6. The maximum atomic E-state index is 12.5. The van der Waals surface area contributed by atoms with Crippen molar-refractivity contribution in [3.63, 3.8) is 0 Å². The molecule has 0 aromatic carbocycles. The number of carbonyl (C=O) groups excluding carboxylic acids is 2. The van der Waals surface area contributed by atoms with Crippen LogP contribution in [-0.2, 0) is 4.79 Å². The molecule has 1 aliphatic heterocycles. The number of rotatable bonds is 5. The molecular weight excluding hydrogens is 268 g/mol. The van der Waals surface area contributed by atoms with Crippen molar-refractivity contribution in [1.29, 1.82) is 0 Å². The van der Waals surface area contributed by atoms with Crippen LogP contribution in [-0.4, -0.2) is 55.0 Å². The summed E-state index contributed by atoms with van der Waals surface area (Å²) in [5.74, 6) is -0.0779. The molecule has 6 nitrogen and oxygen atoms in total. The van der Waals surface area contributed by atoms with E-state index in [1.54, 1.807) is 19.0 Å². The van der Waals surface area contributed by atoms with Crippen LogP contribution in [0.15, 0.2) is 18.3 Å². The van der Waals surface area contributed by atoms with E-state index in [0.29, 0.717) is 24.7 Å². The summed E-state index contributed by atoms with van der Waals surface area (Å²) < 4.78 is 2.08. The van der Waals surface area contributed by atoms with Crippen LogP contribution in [0.3, 0.4) is 0 Å². The molecule has 0 bridgehead atoms. The molecule has 2 heterocycles. The van der Waals surface area contributed by atoms with Gasteiger partial charge < -0.3 is 20.1 Å². The topological polar surface area (TPSA) is 66.4 Å². The van der Waals surface area contributed by atoms with E-state index >= 15 is 0 Å². The quantitative estimate of drug-likeness (QED) is 0.836. The van der Waals surface area contributed by atoms with Crippen LogP contribution in [0.25, 0.3) is 0 Å². The van der Waals surface area contributed by atoms with Crippen molar-refractivity contribution in [2.75, 3.05) is 33.7 Å². The maximum Gasteiger partial charge on any atom is 0.270 e. The molecule has 1 aliphatic rings. The molecule has 0 atom stereocenters. The van der Waals surface area contributed by atoms with Crippen molar-refractivity contribution in [3.8, 4) is 0 Å². The Morgan fingerprint density at radius 2 is 2.14 bits per heavy atom.